The molecule has 8 nitrogen and oxygen atoms in total. The Morgan fingerprint density at radius 2 is 2.17 bits per heavy atom. The van der Waals surface area contributed by atoms with Gasteiger partial charge in [0.2, 0.25) is 0 Å². The number of hydrogen-bond donors (Lipinski definition) is 2. The van der Waals surface area contributed by atoms with E-state index in [1.165, 1.54) is 6.39 Å². The number of amides is 2. The molecule has 1 unspecified atom stereocenters. The van der Waals surface area contributed by atoms with Gasteiger partial charge in [-0.1, -0.05) is 0 Å². The number of oxazole rings is 1. The number of aromatic amines is 1. The summed E-state index contributed by atoms with van der Waals surface area (Å²) in [6, 6.07) is 3.70. The molecule has 2 aliphatic rings. The monoisotopic (exact) mass is 393 g/mol. The van der Waals surface area contributed by atoms with E-state index in [1.54, 1.807) is 12.4 Å². The summed E-state index contributed by atoms with van der Waals surface area (Å²) in [6.45, 7) is 1.86. The number of hydrogen-bond acceptors (Lipinski definition) is 5. The van der Waals surface area contributed by atoms with E-state index in [2.05, 4.69) is 20.3 Å². The molecule has 2 N–H and O–H groups in total. The van der Waals surface area contributed by atoms with Gasteiger partial charge < -0.3 is 19.6 Å². The van der Waals surface area contributed by atoms with Crippen molar-refractivity contribution in [3.63, 3.8) is 0 Å². The molecular formula is C21H23N5O3. The minimum Gasteiger partial charge on any atom is -0.447 e. The molecular weight excluding hydrogens is 370 g/mol. The summed E-state index contributed by atoms with van der Waals surface area (Å²) < 4.78 is 5.46. The van der Waals surface area contributed by atoms with Gasteiger partial charge in [0.25, 0.3) is 11.8 Å². The number of nitrogens with zero attached hydrogens (tertiary/aromatic N) is 3. The average molecular weight is 393 g/mol. The van der Waals surface area contributed by atoms with Gasteiger partial charge in [0, 0.05) is 43.3 Å². The summed E-state index contributed by atoms with van der Waals surface area (Å²) in [5, 5.41) is 3.83. The van der Waals surface area contributed by atoms with Crippen molar-refractivity contribution in [3.8, 4) is 0 Å². The second kappa shape index (κ2) is 7.35. The van der Waals surface area contributed by atoms with Crippen molar-refractivity contribution >= 4 is 22.8 Å². The first-order valence-corrected chi connectivity index (χ1v) is 10.1. The lowest BCUT2D eigenvalue weighted by molar-refractivity contribution is 0.0663. The fourth-order valence-electron chi connectivity index (χ4n) is 4.09. The minimum atomic E-state index is -0.125. The zero-order chi connectivity index (χ0) is 19.8. The van der Waals surface area contributed by atoms with Crippen molar-refractivity contribution in [1.82, 2.24) is 25.2 Å². The molecule has 1 saturated carbocycles. The molecule has 29 heavy (non-hydrogen) atoms. The van der Waals surface area contributed by atoms with Gasteiger partial charge in [0.1, 0.15) is 11.4 Å². The van der Waals surface area contributed by atoms with Gasteiger partial charge in [0.15, 0.2) is 12.1 Å². The van der Waals surface area contributed by atoms with E-state index >= 15 is 0 Å². The summed E-state index contributed by atoms with van der Waals surface area (Å²) in [6.07, 6.45) is 8.78. The van der Waals surface area contributed by atoms with Gasteiger partial charge in [-0.25, -0.2) is 9.97 Å². The van der Waals surface area contributed by atoms with E-state index in [4.69, 9.17) is 4.42 Å². The number of pyridine rings is 1. The Bertz CT molecular complexity index is 1050. The van der Waals surface area contributed by atoms with E-state index in [9.17, 15) is 9.59 Å². The number of aromatic nitrogens is 3. The van der Waals surface area contributed by atoms with Crippen LogP contribution in [0.2, 0.25) is 0 Å². The number of carbonyl (C=O) groups excluding carboxylic acids is 2. The fourth-order valence-corrected chi connectivity index (χ4v) is 4.09. The maximum atomic E-state index is 12.9. The summed E-state index contributed by atoms with van der Waals surface area (Å²) >= 11 is 0. The van der Waals surface area contributed by atoms with E-state index in [-0.39, 0.29) is 17.7 Å². The number of fused-ring (bicyclic) bond motifs is 1. The van der Waals surface area contributed by atoms with E-state index < -0.39 is 0 Å². The van der Waals surface area contributed by atoms with Gasteiger partial charge in [-0.15, -0.1) is 0 Å². The Kier molecular flexibility index (Phi) is 4.54. The first kappa shape index (κ1) is 17.9. The van der Waals surface area contributed by atoms with E-state index in [0.717, 1.165) is 36.8 Å². The zero-order valence-corrected chi connectivity index (χ0v) is 16.1. The molecule has 0 spiro atoms. The SMILES string of the molecule is O=C(NCC1CCCN(C(=O)c2ncoc2C2CC2)C1)c1c[nH]c2ncccc12. The highest BCUT2D eigenvalue weighted by Gasteiger charge is 2.35. The number of H-pyrrole nitrogens is 1. The molecule has 3 aromatic rings. The molecule has 5 rings (SSSR count). The molecule has 2 amide bonds. The smallest absolute Gasteiger partial charge is 0.276 e. The fraction of sp³-hybridized carbons (Fsp3) is 0.429. The Balaban J connectivity index is 1.21. The number of rotatable bonds is 5. The molecule has 1 aliphatic carbocycles. The van der Waals surface area contributed by atoms with Crippen molar-refractivity contribution in [3.05, 3.63) is 47.9 Å². The predicted octanol–water partition coefficient (Wildman–Crippen LogP) is 2.71. The van der Waals surface area contributed by atoms with Gasteiger partial charge in [-0.2, -0.15) is 0 Å². The molecule has 150 valence electrons. The van der Waals surface area contributed by atoms with Crippen molar-refractivity contribution in [2.75, 3.05) is 19.6 Å². The first-order valence-electron chi connectivity index (χ1n) is 10.1. The number of carbonyl (C=O) groups is 2. The third-order valence-electron chi connectivity index (χ3n) is 5.80. The van der Waals surface area contributed by atoms with Crippen molar-refractivity contribution in [2.24, 2.45) is 5.92 Å². The highest BCUT2D eigenvalue weighted by atomic mass is 16.3. The summed E-state index contributed by atoms with van der Waals surface area (Å²) in [5.74, 6) is 1.12. The zero-order valence-electron chi connectivity index (χ0n) is 16.1. The molecule has 0 bridgehead atoms. The van der Waals surface area contributed by atoms with Crippen LogP contribution in [0.1, 0.15) is 58.2 Å². The second-order valence-electron chi connectivity index (χ2n) is 7.91. The quantitative estimate of drug-likeness (QED) is 0.694. The van der Waals surface area contributed by atoms with Crippen LogP contribution in [0.4, 0.5) is 0 Å². The summed E-state index contributed by atoms with van der Waals surface area (Å²) in [5.41, 5.74) is 1.75. The van der Waals surface area contributed by atoms with Crippen LogP contribution in [-0.4, -0.2) is 51.3 Å². The highest BCUT2D eigenvalue weighted by Crippen LogP contribution is 2.41. The van der Waals surface area contributed by atoms with Gasteiger partial charge in [-0.3, -0.25) is 9.59 Å². The van der Waals surface area contributed by atoms with Crippen molar-refractivity contribution < 1.29 is 14.0 Å². The summed E-state index contributed by atoms with van der Waals surface area (Å²) in [7, 11) is 0. The summed E-state index contributed by atoms with van der Waals surface area (Å²) in [4.78, 5) is 38.8. The highest BCUT2D eigenvalue weighted by molar-refractivity contribution is 6.05. The van der Waals surface area contributed by atoms with Gasteiger partial charge in [0.05, 0.1) is 5.56 Å². The maximum Gasteiger partial charge on any atom is 0.276 e. The van der Waals surface area contributed by atoms with Crippen molar-refractivity contribution in [1.29, 1.82) is 0 Å². The number of nitrogens with one attached hydrogen (secondary N) is 2. The normalized spacial score (nSPS) is 19.4. The molecule has 3 aromatic heterocycles. The van der Waals surface area contributed by atoms with Crippen LogP contribution in [0.3, 0.4) is 0 Å². The van der Waals surface area contributed by atoms with Gasteiger partial charge in [-0.05, 0) is 43.7 Å². The van der Waals surface area contributed by atoms with Gasteiger partial charge >= 0.3 is 0 Å². The molecule has 4 heterocycles. The standard InChI is InChI=1S/C21H23N5O3/c27-20(16-10-23-19-15(16)4-1-7-22-19)24-9-13-3-2-8-26(11-13)21(28)17-18(14-5-6-14)29-12-25-17/h1,4,7,10,12-14H,2-3,5-6,8-9,11H2,(H,22,23)(H,24,27). The first-order chi connectivity index (χ1) is 14.2. The van der Waals surface area contributed by atoms with Crippen LogP contribution in [0.25, 0.3) is 11.0 Å². The van der Waals surface area contributed by atoms with Crippen LogP contribution in [-0.2, 0) is 0 Å². The average Bonchev–Trinajstić information content (AvgIpc) is 3.32. The Morgan fingerprint density at radius 1 is 1.28 bits per heavy atom. The number of piperidine rings is 1. The van der Waals surface area contributed by atoms with Crippen LogP contribution < -0.4 is 5.32 Å². The molecule has 1 aliphatic heterocycles. The molecule has 1 atom stereocenters. The lowest BCUT2D eigenvalue weighted by atomic mass is 9.97. The lowest BCUT2D eigenvalue weighted by Crippen LogP contribution is -2.44. The van der Waals surface area contributed by atoms with Crippen LogP contribution in [0.15, 0.2) is 35.3 Å². The van der Waals surface area contributed by atoms with Crippen LogP contribution in [0, 0.1) is 5.92 Å². The van der Waals surface area contributed by atoms with Crippen LogP contribution in [0.5, 0.6) is 0 Å². The number of likely N-dealkylation sites (tertiary alicyclic amines) is 1. The predicted molar refractivity (Wildman–Crippen MR) is 106 cm³/mol. The molecule has 0 aromatic carbocycles. The maximum absolute atomic E-state index is 12.9. The Morgan fingerprint density at radius 3 is 3.03 bits per heavy atom. The topological polar surface area (TPSA) is 104 Å². The Labute approximate surface area is 167 Å². The Hall–Kier alpha value is -3.16. The molecule has 8 heteroatoms. The molecule has 1 saturated heterocycles. The molecule has 0 radical (unpaired) electrons. The largest absolute Gasteiger partial charge is 0.447 e. The van der Waals surface area contributed by atoms with E-state index in [0.29, 0.717) is 42.5 Å². The van der Waals surface area contributed by atoms with Crippen molar-refractivity contribution in [2.45, 2.75) is 31.6 Å². The van der Waals surface area contributed by atoms with E-state index in [1.807, 2.05) is 17.0 Å². The van der Waals surface area contributed by atoms with Crippen LogP contribution >= 0.6 is 0 Å². The lowest BCUT2D eigenvalue weighted by Gasteiger charge is -2.32. The minimum absolute atomic E-state index is 0.0561. The third-order valence-corrected chi connectivity index (χ3v) is 5.80. The second-order valence-corrected chi connectivity index (χ2v) is 7.91. The molecule has 2 fully saturated rings. The third kappa shape index (κ3) is 3.50.